The molecule has 0 aliphatic rings. The highest BCUT2D eigenvalue weighted by Gasteiger charge is 2.12. The second kappa shape index (κ2) is 5.02. The number of aryl methyl sites for hydroxylation is 2. The summed E-state index contributed by atoms with van der Waals surface area (Å²) >= 11 is 1.72. The molecule has 0 aliphatic carbocycles. The van der Waals surface area contributed by atoms with E-state index in [1.165, 1.54) is 10.4 Å². The molecule has 0 spiro atoms. The molecule has 3 aromatic rings. The molecule has 2 nitrogen and oxygen atoms in total. The van der Waals surface area contributed by atoms with Crippen molar-refractivity contribution in [2.45, 2.75) is 20.3 Å². The zero-order valence-corrected chi connectivity index (χ0v) is 11.8. The summed E-state index contributed by atoms with van der Waals surface area (Å²) in [4.78, 5) is 6.87. The van der Waals surface area contributed by atoms with E-state index in [1.54, 1.807) is 11.3 Å². The van der Waals surface area contributed by atoms with Crippen LogP contribution >= 0.6 is 11.3 Å². The molecule has 0 bridgehead atoms. The molecule has 0 fully saturated rings. The third kappa shape index (κ3) is 2.34. The Morgan fingerprint density at radius 2 is 1.79 bits per heavy atom. The predicted molar refractivity (Wildman–Crippen MR) is 79.4 cm³/mol. The third-order valence-electron chi connectivity index (χ3n) is 3.10. The van der Waals surface area contributed by atoms with E-state index >= 15 is 0 Å². The van der Waals surface area contributed by atoms with Crippen molar-refractivity contribution in [3.63, 3.8) is 0 Å². The maximum absolute atomic E-state index is 5.74. The van der Waals surface area contributed by atoms with E-state index < -0.39 is 0 Å². The van der Waals surface area contributed by atoms with E-state index in [4.69, 9.17) is 4.42 Å². The lowest BCUT2D eigenvalue weighted by Crippen LogP contribution is -1.81. The second-order valence-corrected chi connectivity index (χ2v) is 5.49. The lowest BCUT2D eigenvalue weighted by Gasteiger charge is -1.94. The van der Waals surface area contributed by atoms with Crippen molar-refractivity contribution in [3.05, 3.63) is 53.9 Å². The topological polar surface area (TPSA) is 26.0 Å². The van der Waals surface area contributed by atoms with Gasteiger partial charge in [0.2, 0.25) is 5.89 Å². The first-order valence-corrected chi connectivity index (χ1v) is 7.21. The van der Waals surface area contributed by atoms with E-state index in [-0.39, 0.29) is 0 Å². The minimum Gasteiger partial charge on any atom is -0.440 e. The van der Waals surface area contributed by atoms with Gasteiger partial charge in [-0.2, -0.15) is 0 Å². The van der Waals surface area contributed by atoms with Crippen molar-refractivity contribution in [1.29, 1.82) is 0 Å². The van der Waals surface area contributed by atoms with E-state index in [1.807, 2.05) is 13.0 Å². The van der Waals surface area contributed by atoms with Crippen LogP contribution in [-0.2, 0) is 6.42 Å². The number of rotatable bonds is 3. The number of nitrogens with zero attached hydrogens (tertiary/aromatic N) is 1. The summed E-state index contributed by atoms with van der Waals surface area (Å²) in [7, 11) is 0. The molecule has 0 aliphatic heterocycles. The molecule has 3 rings (SSSR count). The molecule has 0 unspecified atom stereocenters. The van der Waals surface area contributed by atoms with Gasteiger partial charge in [0, 0.05) is 4.88 Å². The Morgan fingerprint density at radius 1 is 1.05 bits per heavy atom. The zero-order valence-electron chi connectivity index (χ0n) is 11.0. The van der Waals surface area contributed by atoms with Crippen LogP contribution in [0.25, 0.3) is 21.2 Å². The average molecular weight is 269 g/mol. The average Bonchev–Trinajstić information content (AvgIpc) is 3.06. The Balaban J connectivity index is 1.97. The summed E-state index contributed by atoms with van der Waals surface area (Å²) in [6.07, 6.45) is 0.909. The molecule has 0 N–H and O–H groups in total. The fourth-order valence-corrected chi connectivity index (χ4v) is 3.01. The molecule has 0 amide bonds. The quantitative estimate of drug-likeness (QED) is 0.673. The highest BCUT2D eigenvalue weighted by atomic mass is 32.1. The van der Waals surface area contributed by atoms with Crippen molar-refractivity contribution >= 4 is 11.3 Å². The lowest BCUT2D eigenvalue weighted by molar-refractivity contribution is 0.541. The van der Waals surface area contributed by atoms with E-state index in [9.17, 15) is 0 Å². The summed E-state index contributed by atoms with van der Waals surface area (Å²) in [6, 6.07) is 14.6. The fourth-order valence-electron chi connectivity index (χ4n) is 2.07. The summed E-state index contributed by atoms with van der Waals surface area (Å²) in [5.41, 5.74) is 2.28. The largest absolute Gasteiger partial charge is 0.440 e. The van der Waals surface area contributed by atoms with Gasteiger partial charge in [-0.3, -0.25) is 0 Å². The molecule has 19 heavy (non-hydrogen) atoms. The van der Waals surface area contributed by atoms with E-state index in [2.05, 4.69) is 48.3 Å². The second-order valence-electron chi connectivity index (χ2n) is 4.41. The van der Waals surface area contributed by atoms with Gasteiger partial charge in [0.05, 0.1) is 10.6 Å². The smallest absolute Gasteiger partial charge is 0.236 e. The van der Waals surface area contributed by atoms with Crippen molar-refractivity contribution in [3.8, 4) is 21.2 Å². The third-order valence-corrected chi connectivity index (χ3v) is 4.22. The van der Waals surface area contributed by atoms with Gasteiger partial charge in [-0.1, -0.05) is 37.3 Å². The maximum atomic E-state index is 5.74. The summed E-state index contributed by atoms with van der Waals surface area (Å²) in [5.74, 6) is 1.66. The number of benzene rings is 1. The Kier molecular flexibility index (Phi) is 3.22. The summed E-state index contributed by atoms with van der Waals surface area (Å²) in [5, 5.41) is 0. The Bertz CT molecular complexity index is 682. The fraction of sp³-hybridized carbons (Fsp3) is 0.188. The predicted octanol–water partition coefficient (Wildman–Crippen LogP) is 4.94. The molecule has 1 aromatic carbocycles. The normalized spacial score (nSPS) is 10.8. The van der Waals surface area contributed by atoms with Crippen LogP contribution in [-0.4, -0.2) is 4.98 Å². The summed E-state index contributed by atoms with van der Waals surface area (Å²) < 4.78 is 5.74. The Morgan fingerprint density at radius 3 is 2.47 bits per heavy atom. The molecule has 3 heteroatoms. The SMILES string of the molecule is CCc1nc(-c2ccc(-c3ccccc3)s2)oc1C. The van der Waals surface area contributed by atoms with Gasteiger partial charge in [0.25, 0.3) is 0 Å². The molecular formula is C16H15NOS. The molecule has 2 aromatic heterocycles. The van der Waals surface area contributed by atoms with Gasteiger partial charge >= 0.3 is 0 Å². The van der Waals surface area contributed by atoms with Gasteiger partial charge in [-0.25, -0.2) is 4.98 Å². The van der Waals surface area contributed by atoms with Crippen LogP contribution in [0.2, 0.25) is 0 Å². The molecule has 0 saturated carbocycles. The van der Waals surface area contributed by atoms with Crippen LogP contribution in [0.5, 0.6) is 0 Å². The van der Waals surface area contributed by atoms with Gasteiger partial charge in [0.1, 0.15) is 5.76 Å². The van der Waals surface area contributed by atoms with Crippen LogP contribution < -0.4 is 0 Å². The Hall–Kier alpha value is -1.87. The van der Waals surface area contributed by atoms with Crippen molar-refractivity contribution in [2.75, 3.05) is 0 Å². The lowest BCUT2D eigenvalue weighted by atomic mass is 10.2. The first-order valence-electron chi connectivity index (χ1n) is 6.40. The zero-order chi connectivity index (χ0) is 13.2. The molecule has 0 radical (unpaired) electrons. The molecule has 0 saturated heterocycles. The van der Waals surface area contributed by atoms with Crippen molar-refractivity contribution in [1.82, 2.24) is 4.98 Å². The maximum Gasteiger partial charge on any atom is 0.236 e. The number of hydrogen-bond donors (Lipinski definition) is 0. The minimum atomic E-state index is 0.738. The monoisotopic (exact) mass is 269 g/mol. The first-order chi connectivity index (χ1) is 9.28. The van der Waals surface area contributed by atoms with Crippen molar-refractivity contribution in [2.24, 2.45) is 0 Å². The van der Waals surface area contributed by atoms with Crippen molar-refractivity contribution < 1.29 is 4.42 Å². The molecule has 0 atom stereocenters. The van der Waals surface area contributed by atoms with Crippen LogP contribution in [0.4, 0.5) is 0 Å². The van der Waals surface area contributed by atoms with E-state index in [0.717, 1.165) is 28.6 Å². The van der Waals surface area contributed by atoms with Crippen LogP contribution in [0, 0.1) is 6.92 Å². The number of aromatic nitrogens is 1. The van der Waals surface area contributed by atoms with Crippen LogP contribution in [0.15, 0.2) is 46.9 Å². The number of thiophene rings is 1. The highest BCUT2D eigenvalue weighted by molar-refractivity contribution is 7.18. The summed E-state index contributed by atoms with van der Waals surface area (Å²) in [6.45, 7) is 4.07. The standard InChI is InChI=1S/C16H15NOS/c1-3-13-11(2)18-16(17-13)15-10-9-14(19-15)12-7-5-4-6-8-12/h4-10H,3H2,1-2H3. The van der Waals surface area contributed by atoms with E-state index in [0.29, 0.717) is 0 Å². The number of oxazole rings is 1. The highest BCUT2D eigenvalue weighted by Crippen LogP contribution is 2.34. The molecule has 96 valence electrons. The van der Waals surface area contributed by atoms with Crippen LogP contribution in [0.3, 0.4) is 0 Å². The molecule has 2 heterocycles. The van der Waals surface area contributed by atoms with Crippen LogP contribution in [0.1, 0.15) is 18.4 Å². The number of hydrogen-bond acceptors (Lipinski definition) is 3. The molecular weight excluding hydrogens is 254 g/mol. The minimum absolute atomic E-state index is 0.738. The van der Waals surface area contributed by atoms with Gasteiger partial charge in [-0.05, 0) is 31.0 Å². The van der Waals surface area contributed by atoms with Gasteiger partial charge in [0.15, 0.2) is 0 Å². The first kappa shape index (κ1) is 12.2. The van der Waals surface area contributed by atoms with Gasteiger partial charge < -0.3 is 4.42 Å². The van der Waals surface area contributed by atoms with Gasteiger partial charge in [-0.15, -0.1) is 11.3 Å². The Labute approximate surface area is 116 Å².